The predicted molar refractivity (Wildman–Crippen MR) is 80.9 cm³/mol. The Morgan fingerprint density at radius 2 is 1.77 bits per heavy atom. The number of aryl methyl sites for hydroxylation is 1. The zero-order valence-electron chi connectivity index (χ0n) is 12.8. The van der Waals surface area contributed by atoms with E-state index in [0.29, 0.717) is 19.3 Å². The molecule has 1 aliphatic rings. The highest BCUT2D eigenvalue weighted by Crippen LogP contribution is 2.33. The van der Waals surface area contributed by atoms with Gasteiger partial charge in [0, 0.05) is 13.5 Å². The van der Waals surface area contributed by atoms with Gasteiger partial charge >= 0.3 is 5.97 Å². The number of likely N-dealkylation sites (N-methyl/N-ethyl adjacent to an activating group) is 1. The summed E-state index contributed by atoms with van der Waals surface area (Å²) in [7, 11) is 1.59. The Labute approximate surface area is 129 Å². The van der Waals surface area contributed by atoms with Crippen LogP contribution in [-0.4, -0.2) is 34.5 Å². The number of carboxylic acids is 1. The minimum atomic E-state index is -1.06. The Morgan fingerprint density at radius 3 is 2.32 bits per heavy atom. The van der Waals surface area contributed by atoms with Crippen LogP contribution in [0.15, 0.2) is 24.3 Å². The Hall–Kier alpha value is -1.91. The first kappa shape index (κ1) is 16.5. The Balaban J connectivity index is 2.01. The van der Waals surface area contributed by atoms with Gasteiger partial charge in [-0.1, -0.05) is 31.4 Å². The second kappa shape index (κ2) is 6.90. The average Bonchev–Trinajstić information content (AvgIpc) is 2.53. The standard InChI is InChI=1S/C17H22FNO3/c1-19(17(16(21)22)11-3-2-4-12-17)15(20)10-7-13-5-8-14(18)9-6-13/h5-6,8-9H,2-4,7,10-12H2,1H3,(H,21,22). The first-order chi connectivity index (χ1) is 10.5. The number of amides is 1. The van der Waals surface area contributed by atoms with Crippen LogP contribution in [0, 0.1) is 5.82 Å². The van der Waals surface area contributed by atoms with Gasteiger partial charge in [0.2, 0.25) is 5.91 Å². The van der Waals surface area contributed by atoms with Gasteiger partial charge in [-0.25, -0.2) is 9.18 Å². The van der Waals surface area contributed by atoms with Gasteiger partial charge in [-0.3, -0.25) is 4.79 Å². The molecule has 4 nitrogen and oxygen atoms in total. The third kappa shape index (κ3) is 3.46. The molecule has 0 aromatic heterocycles. The topological polar surface area (TPSA) is 57.6 Å². The van der Waals surface area contributed by atoms with Crippen LogP contribution in [-0.2, 0) is 16.0 Å². The van der Waals surface area contributed by atoms with Crippen molar-refractivity contribution in [2.45, 2.75) is 50.5 Å². The summed E-state index contributed by atoms with van der Waals surface area (Å²) in [6.07, 6.45) is 4.44. The lowest BCUT2D eigenvalue weighted by Crippen LogP contribution is -2.56. The maximum atomic E-state index is 12.9. The Kier molecular flexibility index (Phi) is 5.16. The molecule has 120 valence electrons. The molecule has 1 amide bonds. The molecule has 22 heavy (non-hydrogen) atoms. The van der Waals surface area contributed by atoms with Gasteiger partial charge in [-0.15, -0.1) is 0 Å². The number of benzene rings is 1. The smallest absolute Gasteiger partial charge is 0.329 e. The molecule has 1 aromatic rings. The van der Waals surface area contributed by atoms with E-state index >= 15 is 0 Å². The van der Waals surface area contributed by atoms with Gasteiger partial charge < -0.3 is 10.0 Å². The van der Waals surface area contributed by atoms with Crippen molar-refractivity contribution >= 4 is 11.9 Å². The second-order valence-corrected chi connectivity index (χ2v) is 5.98. The van der Waals surface area contributed by atoms with Crippen LogP contribution in [0.2, 0.25) is 0 Å². The highest BCUT2D eigenvalue weighted by atomic mass is 19.1. The van der Waals surface area contributed by atoms with Crippen molar-refractivity contribution in [3.8, 4) is 0 Å². The number of hydrogen-bond acceptors (Lipinski definition) is 2. The van der Waals surface area contributed by atoms with Crippen molar-refractivity contribution in [3.05, 3.63) is 35.6 Å². The summed E-state index contributed by atoms with van der Waals surface area (Å²) in [4.78, 5) is 25.5. The van der Waals surface area contributed by atoms with Gasteiger partial charge in [0.05, 0.1) is 0 Å². The molecular formula is C17H22FNO3. The van der Waals surface area contributed by atoms with Crippen molar-refractivity contribution in [1.82, 2.24) is 4.90 Å². The molecule has 0 spiro atoms. The van der Waals surface area contributed by atoms with E-state index in [4.69, 9.17) is 0 Å². The number of nitrogens with zero attached hydrogens (tertiary/aromatic N) is 1. The fraction of sp³-hybridized carbons (Fsp3) is 0.529. The molecule has 1 N–H and O–H groups in total. The summed E-state index contributed by atoms with van der Waals surface area (Å²) in [5, 5.41) is 9.59. The number of halogens is 1. The molecular weight excluding hydrogens is 285 g/mol. The first-order valence-corrected chi connectivity index (χ1v) is 7.70. The SMILES string of the molecule is CN(C(=O)CCc1ccc(F)cc1)C1(C(=O)O)CCCCC1. The quantitative estimate of drug-likeness (QED) is 0.909. The molecule has 1 fully saturated rings. The first-order valence-electron chi connectivity index (χ1n) is 7.70. The largest absolute Gasteiger partial charge is 0.479 e. The van der Waals surface area contributed by atoms with Gasteiger partial charge in [0.15, 0.2) is 0 Å². The van der Waals surface area contributed by atoms with Crippen LogP contribution in [0.5, 0.6) is 0 Å². The van der Waals surface area contributed by atoms with Crippen molar-refractivity contribution in [1.29, 1.82) is 0 Å². The summed E-state index contributed by atoms with van der Waals surface area (Å²) < 4.78 is 12.9. The number of carbonyl (C=O) groups is 2. The monoisotopic (exact) mass is 307 g/mol. The zero-order valence-corrected chi connectivity index (χ0v) is 12.8. The molecule has 0 atom stereocenters. The third-order valence-corrected chi connectivity index (χ3v) is 4.64. The minimum Gasteiger partial charge on any atom is -0.479 e. The van der Waals surface area contributed by atoms with Crippen LogP contribution in [0.3, 0.4) is 0 Å². The molecule has 2 rings (SSSR count). The predicted octanol–water partition coefficient (Wildman–Crippen LogP) is 3.00. The fourth-order valence-corrected chi connectivity index (χ4v) is 3.14. The van der Waals surface area contributed by atoms with Crippen molar-refractivity contribution in [3.63, 3.8) is 0 Å². The lowest BCUT2D eigenvalue weighted by atomic mass is 9.80. The summed E-state index contributed by atoms with van der Waals surface area (Å²) in [5.41, 5.74) is -0.186. The molecule has 0 bridgehead atoms. The number of carbonyl (C=O) groups excluding carboxylic acids is 1. The van der Waals surface area contributed by atoms with Crippen LogP contribution >= 0.6 is 0 Å². The lowest BCUT2D eigenvalue weighted by Gasteiger charge is -2.41. The van der Waals surface area contributed by atoms with E-state index in [9.17, 15) is 19.1 Å². The van der Waals surface area contributed by atoms with E-state index in [1.807, 2.05) is 0 Å². The van der Waals surface area contributed by atoms with Crippen molar-refractivity contribution in [2.24, 2.45) is 0 Å². The van der Waals surface area contributed by atoms with Crippen molar-refractivity contribution in [2.75, 3.05) is 7.05 Å². The van der Waals surface area contributed by atoms with E-state index in [1.165, 1.54) is 17.0 Å². The number of aliphatic carboxylic acids is 1. The van der Waals surface area contributed by atoms with Crippen molar-refractivity contribution < 1.29 is 19.1 Å². The van der Waals surface area contributed by atoms with Crippen LogP contribution < -0.4 is 0 Å². The maximum absolute atomic E-state index is 12.9. The van der Waals surface area contributed by atoms with Gasteiger partial charge in [-0.2, -0.15) is 0 Å². The highest BCUT2D eigenvalue weighted by Gasteiger charge is 2.45. The maximum Gasteiger partial charge on any atom is 0.329 e. The number of rotatable bonds is 5. The summed E-state index contributed by atoms with van der Waals surface area (Å²) in [6, 6.07) is 6.03. The average molecular weight is 307 g/mol. The highest BCUT2D eigenvalue weighted by molar-refractivity contribution is 5.87. The normalized spacial score (nSPS) is 17.0. The Morgan fingerprint density at radius 1 is 1.18 bits per heavy atom. The van der Waals surface area contributed by atoms with Crippen LogP contribution in [0.4, 0.5) is 4.39 Å². The van der Waals surface area contributed by atoms with E-state index < -0.39 is 11.5 Å². The molecule has 0 unspecified atom stereocenters. The third-order valence-electron chi connectivity index (χ3n) is 4.64. The molecule has 0 radical (unpaired) electrons. The van der Waals surface area contributed by atoms with Gasteiger partial charge in [0.1, 0.15) is 11.4 Å². The fourth-order valence-electron chi connectivity index (χ4n) is 3.14. The molecule has 1 aliphatic carbocycles. The van der Waals surface area contributed by atoms with Gasteiger partial charge in [-0.05, 0) is 37.0 Å². The molecule has 1 aromatic carbocycles. The zero-order chi connectivity index (χ0) is 16.2. The number of carboxylic acid groups (broad SMARTS) is 1. The van der Waals surface area contributed by atoms with Gasteiger partial charge in [0.25, 0.3) is 0 Å². The van der Waals surface area contributed by atoms with Crippen LogP contribution in [0.1, 0.15) is 44.1 Å². The summed E-state index contributed by atoms with van der Waals surface area (Å²) >= 11 is 0. The summed E-state index contributed by atoms with van der Waals surface area (Å²) in [5.74, 6) is -1.39. The Bertz CT molecular complexity index is 535. The van der Waals surface area contributed by atoms with E-state index in [2.05, 4.69) is 0 Å². The molecule has 5 heteroatoms. The second-order valence-electron chi connectivity index (χ2n) is 5.98. The number of hydrogen-bond donors (Lipinski definition) is 1. The van der Waals surface area contributed by atoms with Crippen LogP contribution in [0.25, 0.3) is 0 Å². The minimum absolute atomic E-state index is 0.173. The molecule has 0 heterocycles. The molecule has 0 aliphatic heterocycles. The van der Waals surface area contributed by atoms with E-state index in [-0.39, 0.29) is 18.1 Å². The molecule has 1 saturated carbocycles. The van der Waals surface area contributed by atoms with E-state index in [1.54, 1.807) is 19.2 Å². The van der Waals surface area contributed by atoms with E-state index in [0.717, 1.165) is 24.8 Å². The summed E-state index contributed by atoms with van der Waals surface area (Å²) in [6.45, 7) is 0. The molecule has 0 saturated heterocycles. The lowest BCUT2D eigenvalue weighted by molar-refractivity contribution is -0.160.